The summed E-state index contributed by atoms with van der Waals surface area (Å²) >= 11 is 0. The first-order valence-corrected chi connectivity index (χ1v) is 7.16. The lowest BCUT2D eigenvalue weighted by Crippen LogP contribution is -2.10. The second kappa shape index (κ2) is 5.19. The summed E-state index contributed by atoms with van der Waals surface area (Å²) in [6.07, 6.45) is 4.79. The molecule has 106 valence electrons. The van der Waals surface area contributed by atoms with Crippen molar-refractivity contribution < 1.29 is 4.74 Å². The number of nitrogens with zero attached hydrogens (tertiary/aromatic N) is 2. The van der Waals surface area contributed by atoms with E-state index in [1.807, 2.05) is 12.1 Å². The summed E-state index contributed by atoms with van der Waals surface area (Å²) in [5.41, 5.74) is 10.6. The van der Waals surface area contributed by atoms with Crippen molar-refractivity contribution in [1.29, 1.82) is 0 Å². The Bertz CT molecular complexity index is 631. The summed E-state index contributed by atoms with van der Waals surface area (Å²) in [5, 5.41) is 0. The molecule has 3 rings (SSSR count). The summed E-state index contributed by atoms with van der Waals surface area (Å²) in [6, 6.07) is 6.00. The van der Waals surface area contributed by atoms with Crippen molar-refractivity contribution in [3.8, 4) is 5.75 Å². The summed E-state index contributed by atoms with van der Waals surface area (Å²) in [6.45, 7) is 2.92. The number of methoxy groups -OCH3 is 1. The minimum Gasteiger partial charge on any atom is -0.495 e. The van der Waals surface area contributed by atoms with Crippen LogP contribution >= 0.6 is 0 Å². The summed E-state index contributed by atoms with van der Waals surface area (Å²) in [5.74, 6) is 1.84. The second-order valence-electron chi connectivity index (χ2n) is 5.42. The monoisotopic (exact) mass is 271 g/mol. The molecule has 0 amide bonds. The van der Waals surface area contributed by atoms with E-state index in [0.29, 0.717) is 5.69 Å². The molecule has 1 heterocycles. The van der Waals surface area contributed by atoms with Gasteiger partial charge in [-0.2, -0.15) is 0 Å². The van der Waals surface area contributed by atoms with Crippen molar-refractivity contribution in [2.24, 2.45) is 0 Å². The van der Waals surface area contributed by atoms with E-state index in [-0.39, 0.29) is 0 Å². The Balaban J connectivity index is 1.91. The lowest BCUT2D eigenvalue weighted by Gasteiger charge is -2.15. The Morgan fingerprint density at radius 3 is 2.85 bits per heavy atom. The van der Waals surface area contributed by atoms with E-state index in [4.69, 9.17) is 15.5 Å². The van der Waals surface area contributed by atoms with Gasteiger partial charge in [-0.3, -0.25) is 0 Å². The fourth-order valence-corrected chi connectivity index (χ4v) is 3.01. The molecule has 0 saturated carbocycles. The summed E-state index contributed by atoms with van der Waals surface area (Å²) in [4.78, 5) is 4.71. The van der Waals surface area contributed by atoms with Gasteiger partial charge in [-0.25, -0.2) is 4.98 Å². The molecule has 0 atom stereocenters. The number of fused-ring (bicyclic) bond motifs is 1. The average molecular weight is 271 g/mol. The maximum Gasteiger partial charge on any atom is 0.141 e. The van der Waals surface area contributed by atoms with Crippen molar-refractivity contribution in [3.63, 3.8) is 0 Å². The number of ether oxygens (including phenoxy) is 1. The molecule has 0 unspecified atom stereocenters. The lowest BCUT2D eigenvalue weighted by atomic mass is 10.0. The zero-order valence-corrected chi connectivity index (χ0v) is 12.1. The van der Waals surface area contributed by atoms with Gasteiger partial charge in [0.25, 0.3) is 0 Å². The van der Waals surface area contributed by atoms with E-state index in [1.54, 1.807) is 7.11 Å². The van der Waals surface area contributed by atoms with E-state index < -0.39 is 0 Å². The average Bonchev–Trinajstić information content (AvgIpc) is 2.76. The quantitative estimate of drug-likeness (QED) is 0.873. The number of aromatic nitrogens is 2. The fourth-order valence-electron chi connectivity index (χ4n) is 3.01. The van der Waals surface area contributed by atoms with Gasteiger partial charge in [0, 0.05) is 12.2 Å². The highest BCUT2D eigenvalue weighted by atomic mass is 16.5. The van der Waals surface area contributed by atoms with Crippen LogP contribution in [-0.4, -0.2) is 16.7 Å². The van der Waals surface area contributed by atoms with Gasteiger partial charge < -0.3 is 15.0 Å². The van der Waals surface area contributed by atoms with Crippen LogP contribution in [0, 0.1) is 6.92 Å². The van der Waals surface area contributed by atoms with E-state index in [0.717, 1.165) is 31.0 Å². The molecule has 4 heteroatoms. The van der Waals surface area contributed by atoms with Crippen LogP contribution in [0.1, 0.15) is 35.6 Å². The zero-order chi connectivity index (χ0) is 14.1. The number of benzene rings is 1. The lowest BCUT2D eigenvalue weighted by molar-refractivity contribution is 0.417. The predicted octanol–water partition coefficient (Wildman–Crippen LogP) is 2.71. The van der Waals surface area contributed by atoms with E-state index >= 15 is 0 Å². The number of aryl methyl sites for hydroxylation is 2. The first-order valence-electron chi connectivity index (χ1n) is 7.16. The number of nitrogens with two attached hydrogens (primary N) is 1. The number of anilines is 1. The van der Waals surface area contributed by atoms with Crippen molar-refractivity contribution >= 4 is 5.69 Å². The van der Waals surface area contributed by atoms with Crippen LogP contribution in [0.2, 0.25) is 0 Å². The molecule has 20 heavy (non-hydrogen) atoms. The molecular weight excluding hydrogens is 250 g/mol. The second-order valence-corrected chi connectivity index (χ2v) is 5.42. The highest BCUT2D eigenvalue weighted by Crippen LogP contribution is 2.25. The Kier molecular flexibility index (Phi) is 3.38. The first kappa shape index (κ1) is 13.0. The molecule has 1 aromatic heterocycles. The molecule has 1 aromatic carbocycles. The number of rotatable bonds is 3. The van der Waals surface area contributed by atoms with E-state index in [9.17, 15) is 0 Å². The topological polar surface area (TPSA) is 53.1 Å². The Morgan fingerprint density at radius 2 is 2.10 bits per heavy atom. The summed E-state index contributed by atoms with van der Waals surface area (Å²) in [7, 11) is 1.64. The molecular formula is C16H21N3O. The van der Waals surface area contributed by atoms with E-state index in [2.05, 4.69) is 17.6 Å². The van der Waals surface area contributed by atoms with Crippen molar-refractivity contribution in [3.05, 3.63) is 41.0 Å². The van der Waals surface area contributed by atoms with Crippen LogP contribution < -0.4 is 10.5 Å². The van der Waals surface area contributed by atoms with Crippen molar-refractivity contribution in [2.75, 3.05) is 12.8 Å². The third-order valence-corrected chi connectivity index (χ3v) is 4.06. The molecule has 0 radical (unpaired) electrons. The van der Waals surface area contributed by atoms with Gasteiger partial charge in [-0.15, -0.1) is 0 Å². The third-order valence-electron chi connectivity index (χ3n) is 4.06. The minimum absolute atomic E-state index is 0.691. The van der Waals surface area contributed by atoms with Gasteiger partial charge in [0.15, 0.2) is 0 Å². The van der Waals surface area contributed by atoms with Crippen LogP contribution in [0.4, 0.5) is 5.69 Å². The number of imidazole rings is 1. The van der Waals surface area contributed by atoms with Crippen LogP contribution in [0.25, 0.3) is 0 Å². The molecule has 0 fully saturated rings. The van der Waals surface area contributed by atoms with Crippen molar-refractivity contribution in [1.82, 2.24) is 9.55 Å². The molecule has 2 aromatic rings. The van der Waals surface area contributed by atoms with Crippen LogP contribution in [0.5, 0.6) is 5.75 Å². The number of hydrogen-bond acceptors (Lipinski definition) is 3. The normalized spacial score (nSPS) is 14.1. The third kappa shape index (κ3) is 2.26. The molecule has 0 aliphatic heterocycles. The zero-order valence-electron chi connectivity index (χ0n) is 12.1. The number of nitrogen functional groups attached to an aromatic ring is 1. The summed E-state index contributed by atoms with van der Waals surface area (Å²) < 4.78 is 7.53. The van der Waals surface area contributed by atoms with Crippen LogP contribution in [0.15, 0.2) is 18.2 Å². The standard InChI is InChI=1S/C16H21N3O/c1-11-18-14-5-3-4-6-15(14)19(11)10-12-7-8-16(20-2)13(17)9-12/h7-9H,3-6,10,17H2,1-2H3. The largest absolute Gasteiger partial charge is 0.495 e. The van der Waals surface area contributed by atoms with Crippen LogP contribution in [-0.2, 0) is 19.4 Å². The van der Waals surface area contributed by atoms with Gasteiger partial charge in [0.2, 0.25) is 0 Å². The van der Waals surface area contributed by atoms with Crippen LogP contribution in [0.3, 0.4) is 0 Å². The SMILES string of the molecule is COc1ccc(Cn2c(C)nc3c2CCCC3)cc1N. The van der Waals surface area contributed by atoms with Gasteiger partial charge in [0.05, 0.1) is 18.5 Å². The Morgan fingerprint density at radius 1 is 1.30 bits per heavy atom. The molecule has 4 nitrogen and oxygen atoms in total. The maximum absolute atomic E-state index is 5.99. The molecule has 0 saturated heterocycles. The highest BCUT2D eigenvalue weighted by Gasteiger charge is 2.18. The van der Waals surface area contributed by atoms with Gasteiger partial charge in [0.1, 0.15) is 11.6 Å². The molecule has 1 aliphatic rings. The van der Waals surface area contributed by atoms with Crippen molar-refractivity contribution in [2.45, 2.75) is 39.2 Å². The van der Waals surface area contributed by atoms with Gasteiger partial charge in [-0.1, -0.05) is 6.07 Å². The highest BCUT2D eigenvalue weighted by molar-refractivity contribution is 5.54. The molecule has 2 N–H and O–H groups in total. The molecule has 0 spiro atoms. The Labute approximate surface area is 119 Å². The van der Waals surface area contributed by atoms with Gasteiger partial charge in [-0.05, 0) is 50.3 Å². The first-order chi connectivity index (χ1) is 9.69. The smallest absolute Gasteiger partial charge is 0.141 e. The van der Waals surface area contributed by atoms with Gasteiger partial charge >= 0.3 is 0 Å². The Hall–Kier alpha value is -1.97. The predicted molar refractivity (Wildman–Crippen MR) is 80.1 cm³/mol. The number of hydrogen-bond donors (Lipinski definition) is 1. The maximum atomic E-state index is 5.99. The van der Waals surface area contributed by atoms with E-state index in [1.165, 1.54) is 29.8 Å². The fraction of sp³-hybridized carbons (Fsp3) is 0.438. The minimum atomic E-state index is 0.691. The molecule has 0 bridgehead atoms. The molecule has 1 aliphatic carbocycles.